The lowest BCUT2D eigenvalue weighted by Gasteiger charge is -2.10. The quantitative estimate of drug-likeness (QED) is 0.486. The summed E-state index contributed by atoms with van der Waals surface area (Å²) < 4.78 is 9.41. The highest BCUT2D eigenvalue weighted by atomic mass is 32.1. The van der Waals surface area contributed by atoms with Gasteiger partial charge in [-0.1, -0.05) is 28.9 Å². The number of aromatic nitrogens is 4. The van der Waals surface area contributed by atoms with Crippen LogP contribution in [0, 0.1) is 6.92 Å². The first-order chi connectivity index (χ1) is 14.5. The van der Waals surface area contributed by atoms with Crippen LogP contribution in [-0.4, -0.2) is 21.5 Å². The van der Waals surface area contributed by atoms with Gasteiger partial charge in [-0.25, -0.2) is 14.9 Å². The summed E-state index contributed by atoms with van der Waals surface area (Å²) >= 11 is 1.48. The fourth-order valence-electron chi connectivity index (χ4n) is 3.71. The molecule has 3 heterocycles. The Morgan fingerprint density at radius 2 is 1.93 bits per heavy atom. The standard InChI is InChI=1S/C22H18N4O3S/c1-13-20-17(11-19(27)25(13)12-14-6-5-7-15(10-14)29-2)24-26(21(20)28)22-23-16-8-3-4-9-18(16)30-22/h3-11,24H,12H2,1-2H3/p+1. The number of aromatic amines is 2. The van der Waals surface area contributed by atoms with Crippen LogP contribution in [0.4, 0.5) is 0 Å². The molecule has 0 amide bonds. The van der Waals surface area contributed by atoms with Crippen LogP contribution in [0.25, 0.3) is 26.3 Å². The maximum atomic E-state index is 13.2. The predicted octanol–water partition coefficient (Wildman–Crippen LogP) is 2.87. The van der Waals surface area contributed by atoms with E-state index in [9.17, 15) is 9.59 Å². The Kier molecular flexibility index (Phi) is 4.29. The molecule has 2 N–H and O–H groups in total. The number of benzene rings is 2. The number of ether oxygens (including phenoxy) is 1. The Bertz CT molecular complexity index is 1490. The van der Waals surface area contributed by atoms with E-state index in [1.54, 1.807) is 18.6 Å². The fourth-order valence-corrected chi connectivity index (χ4v) is 4.67. The van der Waals surface area contributed by atoms with Crippen LogP contribution in [0.2, 0.25) is 0 Å². The zero-order chi connectivity index (χ0) is 20.8. The third-order valence-corrected chi connectivity index (χ3v) is 6.29. The lowest BCUT2D eigenvalue weighted by Crippen LogP contribution is -2.24. The van der Waals surface area contributed by atoms with Gasteiger partial charge in [-0.3, -0.25) is 4.79 Å². The van der Waals surface area contributed by atoms with Crippen molar-refractivity contribution in [2.75, 3.05) is 7.11 Å². The molecule has 0 saturated heterocycles. The molecule has 30 heavy (non-hydrogen) atoms. The van der Waals surface area contributed by atoms with Gasteiger partial charge < -0.3 is 9.30 Å². The van der Waals surface area contributed by atoms with Crippen LogP contribution in [0.1, 0.15) is 11.3 Å². The summed E-state index contributed by atoms with van der Waals surface area (Å²) in [5, 5.41) is 4.26. The molecule has 0 bridgehead atoms. The normalized spacial score (nSPS) is 11.4. The number of nitrogens with one attached hydrogen (secondary N) is 2. The SMILES string of the molecule is COc1cccc(Cn2c(C)c3c(=O)n(-c4[nH+]c5ccccc5s4)[nH]c3cc2=O)c1. The largest absolute Gasteiger partial charge is 0.497 e. The highest BCUT2D eigenvalue weighted by Crippen LogP contribution is 2.21. The lowest BCUT2D eigenvalue weighted by molar-refractivity contribution is -0.334. The fraction of sp³-hybridized carbons (Fsp3) is 0.136. The van der Waals surface area contributed by atoms with Crippen molar-refractivity contribution in [3.05, 3.63) is 86.6 Å². The zero-order valence-corrected chi connectivity index (χ0v) is 17.2. The molecule has 0 aliphatic carbocycles. The van der Waals surface area contributed by atoms with E-state index in [1.807, 2.05) is 48.5 Å². The van der Waals surface area contributed by atoms with Gasteiger partial charge in [0.1, 0.15) is 16.7 Å². The second kappa shape index (κ2) is 7.00. The Balaban J connectivity index is 1.65. The Morgan fingerprint density at radius 1 is 1.10 bits per heavy atom. The second-order valence-electron chi connectivity index (χ2n) is 7.08. The molecule has 0 radical (unpaired) electrons. The van der Waals surface area contributed by atoms with Gasteiger partial charge in [0.25, 0.3) is 5.56 Å². The molecular formula is C22H19N4O3S+. The highest BCUT2D eigenvalue weighted by molar-refractivity contribution is 7.20. The van der Waals surface area contributed by atoms with Crippen LogP contribution in [0.5, 0.6) is 5.75 Å². The first-order valence-corrected chi connectivity index (χ1v) is 10.3. The van der Waals surface area contributed by atoms with E-state index >= 15 is 0 Å². The van der Waals surface area contributed by atoms with E-state index in [0.717, 1.165) is 21.5 Å². The second-order valence-corrected chi connectivity index (χ2v) is 8.11. The van der Waals surface area contributed by atoms with Gasteiger partial charge >= 0.3 is 10.7 Å². The maximum Gasteiger partial charge on any atom is 0.369 e. The summed E-state index contributed by atoms with van der Waals surface area (Å²) in [5.74, 6) is 0.726. The summed E-state index contributed by atoms with van der Waals surface area (Å²) in [7, 11) is 1.61. The summed E-state index contributed by atoms with van der Waals surface area (Å²) in [6.45, 7) is 2.16. The number of rotatable bonds is 4. The van der Waals surface area contributed by atoms with Crippen molar-refractivity contribution < 1.29 is 9.72 Å². The zero-order valence-electron chi connectivity index (χ0n) is 16.4. The van der Waals surface area contributed by atoms with Crippen molar-refractivity contribution in [2.45, 2.75) is 13.5 Å². The van der Waals surface area contributed by atoms with E-state index in [1.165, 1.54) is 22.1 Å². The van der Waals surface area contributed by atoms with Crippen molar-refractivity contribution in [1.82, 2.24) is 14.3 Å². The number of hydrogen-bond acceptors (Lipinski definition) is 4. The summed E-state index contributed by atoms with van der Waals surface area (Å²) in [6, 6.07) is 16.9. The maximum absolute atomic E-state index is 13.2. The Labute approximate surface area is 174 Å². The number of para-hydroxylation sites is 1. The number of hydrogen-bond donors (Lipinski definition) is 1. The van der Waals surface area contributed by atoms with Crippen molar-refractivity contribution in [1.29, 1.82) is 0 Å². The van der Waals surface area contributed by atoms with Gasteiger partial charge in [-0.15, -0.1) is 0 Å². The first kappa shape index (κ1) is 18.4. The van der Waals surface area contributed by atoms with Gasteiger partial charge in [0.2, 0.25) is 0 Å². The Hall–Kier alpha value is -3.65. The van der Waals surface area contributed by atoms with Gasteiger partial charge in [-0.05, 0) is 48.1 Å². The summed E-state index contributed by atoms with van der Waals surface area (Å²) in [4.78, 5) is 29.3. The number of fused-ring (bicyclic) bond motifs is 2. The number of H-pyrrole nitrogens is 2. The van der Waals surface area contributed by atoms with Crippen molar-refractivity contribution >= 4 is 32.5 Å². The topological polar surface area (TPSA) is 83.2 Å². The third-order valence-electron chi connectivity index (χ3n) is 5.23. The molecule has 0 fully saturated rings. The highest BCUT2D eigenvalue weighted by Gasteiger charge is 2.22. The molecule has 2 aromatic carbocycles. The number of pyridine rings is 1. The number of aryl methyl sites for hydroxylation is 1. The number of methoxy groups -OCH3 is 1. The first-order valence-electron chi connectivity index (χ1n) is 9.44. The van der Waals surface area contributed by atoms with Crippen LogP contribution in [0.15, 0.2) is 64.2 Å². The molecule has 0 aliphatic heterocycles. The van der Waals surface area contributed by atoms with E-state index < -0.39 is 0 Å². The molecule has 0 unspecified atom stereocenters. The van der Waals surface area contributed by atoms with E-state index in [4.69, 9.17) is 4.74 Å². The van der Waals surface area contributed by atoms with Crippen LogP contribution in [0.3, 0.4) is 0 Å². The monoisotopic (exact) mass is 419 g/mol. The average Bonchev–Trinajstić information content (AvgIpc) is 3.32. The molecule has 5 rings (SSSR count). The molecule has 5 aromatic rings. The minimum absolute atomic E-state index is 0.170. The third kappa shape index (κ3) is 2.93. The Morgan fingerprint density at radius 3 is 2.73 bits per heavy atom. The molecule has 7 nitrogen and oxygen atoms in total. The molecule has 3 aromatic heterocycles. The molecular weight excluding hydrogens is 400 g/mol. The van der Waals surface area contributed by atoms with Crippen molar-refractivity contribution in [3.8, 4) is 10.9 Å². The molecule has 150 valence electrons. The number of nitrogens with zero attached hydrogens (tertiary/aromatic N) is 2. The summed E-state index contributed by atoms with van der Waals surface area (Å²) in [6.07, 6.45) is 0. The van der Waals surface area contributed by atoms with Crippen molar-refractivity contribution in [2.24, 2.45) is 0 Å². The lowest BCUT2D eigenvalue weighted by atomic mass is 10.2. The van der Waals surface area contributed by atoms with Crippen LogP contribution in [-0.2, 0) is 6.54 Å². The van der Waals surface area contributed by atoms with Crippen molar-refractivity contribution in [3.63, 3.8) is 0 Å². The van der Waals surface area contributed by atoms with E-state index in [2.05, 4.69) is 10.1 Å². The minimum Gasteiger partial charge on any atom is -0.497 e. The molecule has 8 heteroatoms. The minimum atomic E-state index is -0.190. The van der Waals surface area contributed by atoms with E-state index in [-0.39, 0.29) is 11.1 Å². The van der Waals surface area contributed by atoms with Crippen LogP contribution < -0.4 is 20.8 Å². The van der Waals surface area contributed by atoms with Crippen LogP contribution >= 0.6 is 11.3 Å². The predicted molar refractivity (Wildman–Crippen MR) is 117 cm³/mol. The van der Waals surface area contributed by atoms with Gasteiger partial charge in [0.15, 0.2) is 0 Å². The van der Waals surface area contributed by atoms with E-state index in [0.29, 0.717) is 28.3 Å². The molecule has 0 spiro atoms. The average molecular weight is 419 g/mol. The molecule has 0 saturated carbocycles. The summed E-state index contributed by atoms with van der Waals surface area (Å²) in [5.41, 5.74) is 2.67. The van der Waals surface area contributed by atoms with Gasteiger partial charge in [0, 0.05) is 11.8 Å². The van der Waals surface area contributed by atoms with Gasteiger partial charge in [-0.2, -0.15) is 0 Å². The smallest absolute Gasteiger partial charge is 0.369 e. The molecule has 0 aliphatic rings. The number of thiazole rings is 1. The van der Waals surface area contributed by atoms with Gasteiger partial charge in [0.05, 0.1) is 23.9 Å². The molecule has 0 atom stereocenters.